The minimum Gasteiger partial charge on any atom is -0.373 e. The van der Waals surface area contributed by atoms with Crippen LogP contribution in [0.25, 0.3) is 0 Å². The molecule has 0 aromatic heterocycles. The molecule has 0 atom stereocenters. The zero-order valence-corrected chi connectivity index (χ0v) is 9.82. The molecule has 0 radical (unpaired) electrons. The molecular weight excluding hydrogens is 198 g/mol. The number of hydrogen-bond acceptors (Lipinski definition) is 5. The lowest BCUT2D eigenvalue weighted by Crippen LogP contribution is -2.60. The molecule has 0 unspecified atom stereocenters. The monoisotopic (exact) mass is 219 g/mol. The van der Waals surface area contributed by atoms with Crippen LogP contribution >= 0.6 is 0 Å². The van der Waals surface area contributed by atoms with Crippen LogP contribution in [0.4, 0.5) is 0 Å². The van der Waals surface area contributed by atoms with Gasteiger partial charge in [0.1, 0.15) is 6.61 Å². The van der Waals surface area contributed by atoms with E-state index in [1.165, 1.54) is 0 Å². The van der Waals surface area contributed by atoms with Gasteiger partial charge in [-0.2, -0.15) is 0 Å². The average Bonchev–Trinajstić information content (AvgIpc) is 2.23. The van der Waals surface area contributed by atoms with Crippen LogP contribution in [0.15, 0.2) is 0 Å². The first-order chi connectivity index (χ1) is 7.29. The minimum absolute atomic E-state index is 0.384. The summed E-state index contributed by atoms with van der Waals surface area (Å²) in [7, 11) is 0. The fourth-order valence-corrected chi connectivity index (χ4v) is 1.63. The molecule has 5 nitrogen and oxygen atoms in total. The van der Waals surface area contributed by atoms with Crippen LogP contribution in [0, 0.1) is 0 Å². The van der Waals surface area contributed by atoms with Gasteiger partial charge >= 0.3 is 0 Å². The highest BCUT2D eigenvalue weighted by atomic mass is 16.8. The van der Waals surface area contributed by atoms with E-state index in [4.69, 9.17) is 19.0 Å². The summed E-state index contributed by atoms with van der Waals surface area (Å²) in [6.07, 6.45) is 0. The molecule has 1 aliphatic rings. The van der Waals surface area contributed by atoms with E-state index in [2.05, 4.69) is 0 Å². The van der Waals surface area contributed by atoms with Crippen molar-refractivity contribution in [2.45, 2.75) is 26.7 Å². The molecule has 1 rings (SSSR count). The number of hydrogen-bond donors (Lipinski definition) is 0. The zero-order chi connectivity index (χ0) is 11.1. The van der Waals surface area contributed by atoms with Crippen molar-refractivity contribution in [3.05, 3.63) is 0 Å². The Morgan fingerprint density at radius 1 is 1.13 bits per heavy atom. The molecule has 0 aromatic rings. The van der Waals surface area contributed by atoms with Crippen LogP contribution in [0.2, 0.25) is 0 Å². The standard InChI is InChI=1S/C10H21NO4/c1-4-13-10(14-5-2)9-12-8-7-11(10)15-6-3/h4-9H2,1-3H3. The molecule has 0 saturated carbocycles. The van der Waals surface area contributed by atoms with E-state index in [1.807, 2.05) is 20.8 Å². The Bertz CT molecular complexity index is 163. The maximum absolute atomic E-state index is 5.63. The first-order valence-electron chi connectivity index (χ1n) is 5.55. The number of nitrogens with zero attached hydrogens (tertiary/aromatic N) is 1. The number of morpholine rings is 1. The van der Waals surface area contributed by atoms with Gasteiger partial charge in [0.05, 0.1) is 19.8 Å². The highest BCUT2D eigenvalue weighted by Gasteiger charge is 2.43. The summed E-state index contributed by atoms with van der Waals surface area (Å²) < 4.78 is 16.7. The largest absolute Gasteiger partial charge is 0.373 e. The van der Waals surface area contributed by atoms with Gasteiger partial charge in [-0.05, 0) is 20.8 Å². The molecule has 0 amide bonds. The van der Waals surface area contributed by atoms with Gasteiger partial charge in [-0.15, -0.1) is 5.06 Å². The van der Waals surface area contributed by atoms with Gasteiger partial charge in [-0.3, -0.25) is 4.84 Å². The summed E-state index contributed by atoms with van der Waals surface area (Å²) in [6, 6.07) is 0. The zero-order valence-electron chi connectivity index (χ0n) is 9.82. The minimum atomic E-state index is -0.863. The lowest BCUT2D eigenvalue weighted by atomic mass is 10.4. The topological polar surface area (TPSA) is 40.2 Å². The molecule has 0 N–H and O–H groups in total. The second kappa shape index (κ2) is 6.40. The van der Waals surface area contributed by atoms with E-state index in [0.29, 0.717) is 39.6 Å². The summed E-state index contributed by atoms with van der Waals surface area (Å²) in [5, 5.41) is 1.74. The van der Waals surface area contributed by atoms with E-state index < -0.39 is 5.91 Å². The Hall–Kier alpha value is -0.200. The Labute approximate surface area is 91.2 Å². The van der Waals surface area contributed by atoms with Crippen molar-refractivity contribution in [3.63, 3.8) is 0 Å². The molecular formula is C10H21NO4. The maximum Gasteiger partial charge on any atom is 0.276 e. The van der Waals surface area contributed by atoms with Gasteiger partial charge in [0.2, 0.25) is 0 Å². The molecule has 0 aliphatic carbocycles. The molecule has 15 heavy (non-hydrogen) atoms. The third-order valence-electron chi connectivity index (χ3n) is 2.13. The Kier molecular flexibility index (Phi) is 5.49. The molecule has 0 bridgehead atoms. The van der Waals surface area contributed by atoms with E-state index >= 15 is 0 Å². The molecule has 1 fully saturated rings. The number of hydroxylamine groups is 2. The van der Waals surface area contributed by atoms with E-state index in [1.54, 1.807) is 5.06 Å². The number of ether oxygens (including phenoxy) is 3. The first-order valence-corrected chi connectivity index (χ1v) is 5.55. The first kappa shape index (κ1) is 12.9. The van der Waals surface area contributed by atoms with Crippen LogP contribution in [-0.2, 0) is 19.0 Å². The van der Waals surface area contributed by atoms with E-state index in [0.717, 1.165) is 0 Å². The van der Waals surface area contributed by atoms with Gasteiger partial charge in [0, 0.05) is 13.2 Å². The van der Waals surface area contributed by atoms with E-state index in [9.17, 15) is 0 Å². The second-order valence-corrected chi connectivity index (χ2v) is 3.15. The van der Waals surface area contributed by atoms with Crippen LogP contribution in [0.5, 0.6) is 0 Å². The van der Waals surface area contributed by atoms with Crippen molar-refractivity contribution >= 4 is 0 Å². The summed E-state index contributed by atoms with van der Waals surface area (Å²) in [5.74, 6) is -0.863. The quantitative estimate of drug-likeness (QED) is 0.623. The third-order valence-corrected chi connectivity index (χ3v) is 2.13. The molecule has 5 heteroatoms. The molecule has 0 spiro atoms. The highest BCUT2D eigenvalue weighted by molar-refractivity contribution is 4.70. The van der Waals surface area contributed by atoms with Crippen LogP contribution in [0.3, 0.4) is 0 Å². The lowest BCUT2D eigenvalue weighted by Gasteiger charge is -2.43. The predicted octanol–water partition coefficient (Wildman–Crippen LogP) is 0.997. The van der Waals surface area contributed by atoms with Gasteiger partial charge in [-0.1, -0.05) is 0 Å². The predicted molar refractivity (Wildman–Crippen MR) is 55.1 cm³/mol. The maximum atomic E-state index is 5.63. The van der Waals surface area contributed by atoms with Crippen LogP contribution < -0.4 is 0 Å². The molecule has 0 aromatic carbocycles. The van der Waals surface area contributed by atoms with Gasteiger partial charge < -0.3 is 14.2 Å². The van der Waals surface area contributed by atoms with Crippen molar-refractivity contribution in [1.82, 2.24) is 5.06 Å². The van der Waals surface area contributed by atoms with Crippen molar-refractivity contribution in [2.75, 3.05) is 39.6 Å². The summed E-state index contributed by atoms with van der Waals surface area (Å²) in [6.45, 7) is 9.21. The fraction of sp³-hybridized carbons (Fsp3) is 1.00. The van der Waals surface area contributed by atoms with Crippen molar-refractivity contribution in [1.29, 1.82) is 0 Å². The van der Waals surface area contributed by atoms with Crippen molar-refractivity contribution in [3.8, 4) is 0 Å². The number of rotatable bonds is 6. The van der Waals surface area contributed by atoms with Gasteiger partial charge in [-0.25, -0.2) is 0 Å². The van der Waals surface area contributed by atoms with Crippen LogP contribution in [0.1, 0.15) is 20.8 Å². The Morgan fingerprint density at radius 2 is 1.80 bits per heavy atom. The Morgan fingerprint density at radius 3 is 2.33 bits per heavy atom. The second-order valence-electron chi connectivity index (χ2n) is 3.15. The molecule has 1 saturated heterocycles. The SMILES string of the molecule is CCON1CCOCC1(OCC)OCC. The highest BCUT2D eigenvalue weighted by Crippen LogP contribution is 2.23. The third kappa shape index (κ3) is 3.12. The molecule has 90 valence electrons. The lowest BCUT2D eigenvalue weighted by molar-refractivity contribution is -0.433. The normalized spacial score (nSPS) is 21.8. The Balaban J connectivity index is 2.68. The average molecular weight is 219 g/mol. The molecule has 1 heterocycles. The molecule has 1 aliphatic heterocycles. The van der Waals surface area contributed by atoms with E-state index in [-0.39, 0.29) is 0 Å². The smallest absolute Gasteiger partial charge is 0.276 e. The van der Waals surface area contributed by atoms with Crippen molar-refractivity contribution in [2.24, 2.45) is 0 Å². The van der Waals surface area contributed by atoms with Crippen LogP contribution in [-0.4, -0.2) is 50.6 Å². The van der Waals surface area contributed by atoms with Gasteiger partial charge in [0.25, 0.3) is 5.91 Å². The van der Waals surface area contributed by atoms with Crippen molar-refractivity contribution < 1.29 is 19.0 Å². The summed E-state index contributed by atoms with van der Waals surface area (Å²) in [4.78, 5) is 5.51. The summed E-state index contributed by atoms with van der Waals surface area (Å²) in [5.41, 5.74) is 0. The summed E-state index contributed by atoms with van der Waals surface area (Å²) >= 11 is 0. The van der Waals surface area contributed by atoms with Gasteiger partial charge in [0.15, 0.2) is 0 Å². The fourth-order valence-electron chi connectivity index (χ4n) is 1.63.